The molecule has 0 aromatic rings. The molecule has 2 N–H and O–H groups in total. The Bertz CT molecular complexity index is 361. The Morgan fingerprint density at radius 1 is 1.40 bits per heavy atom. The fourth-order valence-corrected chi connectivity index (χ4v) is 3.21. The van der Waals surface area contributed by atoms with Crippen molar-refractivity contribution < 1.29 is 19.4 Å². The van der Waals surface area contributed by atoms with E-state index in [1.54, 1.807) is 4.90 Å². The van der Waals surface area contributed by atoms with Crippen molar-refractivity contribution in [3.63, 3.8) is 0 Å². The van der Waals surface area contributed by atoms with Gasteiger partial charge in [-0.05, 0) is 25.7 Å². The third-order valence-corrected chi connectivity index (χ3v) is 4.31. The van der Waals surface area contributed by atoms with E-state index in [-0.39, 0.29) is 24.6 Å². The molecule has 0 bridgehead atoms. The molecular weight excluding hydrogens is 260 g/mol. The first-order valence-corrected chi connectivity index (χ1v) is 7.49. The summed E-state index contributed by atoms with van der Waals surface area (Å²) < 4.78 is 5.60. The Balaban J connectivity index is 1.80. The Kier molecular flexibility index (Phi) is 5.23. The van der Waals surface area contributed by atoms with Gasteiger partial charge < -0.3 is 20.1 Å². The molecule has 2 heterocycles. The van der Waals surface area contributed by atoms with Gasteiger partial charge in [-0.2, -0.15) is 0 Å². The molecular formula is C14H24N2O4. The summed E-state index contributed by atoms with van der Waals surface area (Å²) in [5, 5.41) is 11.8. The summed E-state index contributed by atoms with van der Waals surface area (Å²) in [7, 11) is 0. The molecule has 20 heavy (non-hydrogen) atoms. The van der Waals surface area contributed by atoms with Crippen LogP contribution in [0.25, 0.3) is 0 Å². The first-order valence-electron chi connectivity index (χ1n) is 7.49. The van der Waals surface area contributed by atoms with Gasteiger partial charge in [0.2, 0.25) is 0 Å². The van der Waals surface area contributed by atoms with Gasteiger partial charge in [0.25, 0.3) is 0 Å². The normalized spacial score (nSPS) is 29.6. The average Bonchev–Trinajstić information content (AvgIpc) is 3.03. The van der Waals surface area contributed by atoms with E-state index in [0.29, 0.717) is 19.0 Å². The van der Waals surface area contributed by atoms with E-state index in [0.717, 1.165) is 32.3 Å². The highest BCUT2D eigenvalue weighted by Crippen LogP contribution is 2.23. The van der Waals surface area contributed by atoms with Gasteiger partial charge in [0, 0.05) is 31.7 Å². The number of carbonyl (C=O) groups is 2. The number of hydrogen-bond donors (Lipinski definition) is 2. The van der Waals surface area contributed by atoms with Crippen LogP contribution in [0, 0.1) is 5.92 Å². The molecule has 6 nitrogen and oxygen atoms in total. The Hall–Kier alpha value is -1.30. The number of carboxylic acids is 1. The maximum Gasteiger partial charge on any atom is 0.317 e. The summed E-state index contributed by atoms with van der Waals surface area (Å²) >= 11 is 0. The van der Waals surface area contributed by atoms with E-state index < -0.39 is 5.97 Å². The first kappa shape index (κ1) is 15.1. The molecule has 3 atom stereocenters. The highest BCUT2D eigenvalue weighted by Gasteiger charge is 2.32. The zero-order valence-electron chi connectivity index (χ0n) is 12.0. The van der Waals surface area contributed by atoms with Gasteiger partial charge in [0.1, 0.15) is 0 Å². The number of ether oxygens (including phenoxy) is 1. The molecule has 0 saturated carbocycles. The lowest BCUT2D eigenvalue weighted by Gasteiger charge is -2.25. The second-order valence-electron chi connectivity index (χ2n) is 5.64. The smallest absolute Gasteiger partial charge is 0.317 e. The van der Waals surface area contributed by atoms with Gasteiger partial charge >= 0.3 is 12.0 Å². The molecule has 2 amide bonds. The van der Waals surface area contributed by atoms with Crippen molar-refractivity contribution in [3.8, 4) is 0 Å². The lowest BCUT2D eigenvalue weighted by molar-refractivity contribution is -0.137. The van der Waals surface area contributed by atoms with Crippen LogP contribution in [-0.2, 0) is 9.53 Å². The van der Waals surface area contributed by atoms with Crippen LogP contribution in [0.15, 0.2) is 0 Å². The second-order valence-corrected chi connectivity index (χ2v) is 5.64. The number of likely N-dealkylation sites (tertiary alicyclic amines) is 1. The van der Waals surface area contributed by atoms with Crippen molar-refractivity contribution in [2.75, 3.05) is 19.7 Å². The van der Waals surface area contributed by atoms with E-state index >= 15 is 0 Å². The van der Waals surface area contributed by atoms with Gasteiger partial charge in [-0.25, -0.2) is 4.79 Å². The zero-order valence-corrected chi connectivity index (χ0v) is 12.0. The van der Waals surface area contributed by atoms with Crippen LogP contribution in [0.2, 0.25) is 0 Å². The first-order chi connectivity index (χ1) is 9.61. The largest absolute Gasteiger partial charge is 0.481 e. The van der Waals surface area contributed by atoms with Gasteiger partial charge in [-0.1, -0.05) is 6.92 Å². The summed E-state index contributed by atoms with van der Waals surface area (Å²) in [6.07, 6.45) is 3.89. The summed E-state index contributed by atoms with van der Waals surface area (Å²) in [4.78, 5) is 24.6. The summed E-state index contributed by atoms with van der Waals surface area (Å²) in [5.41, 5.74) is 0. The van der Waals surface area contributed by atoms with E-state index in [1.165, 1.54) is 0 Å². The number of urea groups is 1. The lowest BCUT2D eigenvalue weighted by atomic mass is 10.00. The molecule has 0 aliphatic carbocycles. The van der Waals surface area contributed by atoms with Crippen LogP contribution in [0.1, 0.15) is 39.0 Å². The minimum absolute atomic E-state index is 0.0392. The second kappa shape index (κ2) is 6.92. The molecule has 0 spiro atoms. The topological polar surface area (TPSA) is 78.9 Å². The van der Waals surface area contributed by atoms with Crippen LogP contribution >= 0.6 is 0 Å². The maximum absolute atomic E-state index is 12.2. The predicted molar refractivity (Wildman–Crippen MR) is 73.5 cm³/mol. The molecule has 2 aliphatic heterocycles. The van der Waals surface area contributed by atoms with Crippen LogP contribution in [-0.4, -0.2) is 53.8 Å². The number of hydrogen-bond acceptors (Lipinski definition) is 3. The van der Waals surface area contributed by atoms with Gasteiger partial charge in [0.05, 0.1) is 12.5 Å². The number of nitrogens with one attached hydrogen (secondary N) is 1. The van der Waals surface area contributed by atoms with Crippen LogP contribution in [0.3, 0.4) is 0 Å². The summed E-state index contributed by atoms with van der Waals surface area (Å²) in [6, 6.07) is -0.287. The molecule has 2 rings (SSSR count). The number of amides is 2. The van der Waals surface area contributed by atoms with Gasteiger partial charge in [0.15, 0.2) is 0 Å². The number of carbonyl (C=O) groups excluding carboxylic acids is 1. The Morgan fingerprint density at radius 2 is 2.20 bits per heavy atom. The lowest BCUT2D eigenvalue weighted by Crippen LogP contribution is -2.45. The minimum atomic E-state index is -0.843. The van der Waals surface area contributed by atoms with E-state index in [4.69, 9.17) is 9.84 Å². The zero-order chi connectivity index (χ0) is 14.5. The van der Waals surface area contributed by atoms with Crippen LogP contribution in [0.4, 0.5) is 4.79 Å². The van der Waals surface area contributed by atoms with E-state index in [1.807, 2.05) is 0 Å². The Morgan fingerprint density at radius 3 is 2.90 bits per heavy atom. The number of nitrogens with zero attached hydrogens (tertiary/aromatic N) is 1. The molecule has 2 fully saturated rings. The Labute approximate surface area is 119 Å². The van der Waals surface area contributed by atoms with Crippen molar-refractivity contribution in [3.05, 3.63) is 0 Å². The third-order valence-electron chi connectivity index (χ3n) is 4.31. The van der Waals surface area contributed by atoms with Crippen molar-refractivity contribution >= 4 is 12.0 Å². The molecule has 3 unspecified atom stereocenters. The minimum Gasteiger partial charge on any atom is -0.481 e. The maximum atomic E-state index is 12.2. The highest BCUT2D eigenvalue weighted by atomic mass is 16.5. The van der Waals surface area contributed by atoms with Crippen molar-refractivity contribution in [2.24, 2.45) is 5.92 Å². The highest BCUT2D eigenvalue weighted by molar-refractivity contribution is 5.76. The molecule has 0 aromatic heterocycles. The molecule has 0 aromatic carbocycles. The molecule has 114 valence electrons. The average molecular weight is 284 g/mol. The molecule has 2 aliphatic rings. The van der Waals surface area contributed by atoms with Crippen LogP contribution < -0.4 is 5.32 Å². The number of carboxylic acid groups (broad SMARTS) is 1. The molecule has 6 heteroatoms. The van der Waals surface area contributed by atoms with Crippen molar-refractivity contribution in [1.82, 2.24) is 10.2 Å². The van der Waals surface area contributed by atoms with E-state index in [2.05, 4.69) is 12.2 Å². The van der Waals surface area contributed by atoms with Gasteiger partial charge in [-0.15, -0.1) is 0 Å². The quantitative estimate of drug-likeness (QED) is 0.801. The fraction of sp³-hybridized carbons (Fsp3) is 0.857. The third kappa shape index (κ3) is 3.62. The standard InChI is InChI=1S/C14H24N2O4/c1-2-12-10(5-7-20-12)9-15-14(19)16-6-3-4-11(16)8-13(17)18/h10-12H,2-9H2,1H3,(H,15,19)(H,17,18). The molecule has 2 saturated heterocycles. The number of aliphatic carboxylic acids is 1. The van der Waals surface area contributed by atoms with Crippen LogP contribution in [0.5, 0.6) is 0 Å². The summed E-state index contributed by atoms with van der Waals surface area (Å²) in [5.74, 6) is -0.464. The summed E-state index contributed by atoms with van der Waals surface area (Å²) in [6.45, 7) is 4.13. The molecule has 0 radical (unpaired) electrons. The fourth-order valence-electron chi connectivity index (χ4n) is 3.21. The number of rotatable bonds is 5. The van der Waals surface area contributed by atoms with Crippen molar-refractivity contribution in [2.45, 2.75) is 51.2 Å². The van der Waals surface area contributed by atoms with Crippen molar-refractivity contribution in [1.29, 1.82) is 0 Å². The predicted octanol–water partition coefficient (Wildman–Crippen LogP) is 1.45. The van der Waals surface area contributed by atoms with E-state index in [9.17, 15) is 9.59 Å². The monoisotopic (exact) mass is 284 g/mol. The SMILES string of the molecule is CCC1OCCC1CNC(=O)N1CCCC1CC(=O)O. The van der Waals surface area contributed by atoms with Gasteiger partial charge in [-0.3, -0.25) is 4.79 Å².